The van der Waals surface area contributed by atoms with Gasteiger partial charge in [-0.15, -0.1) is 0 Å². The van der Waals surface area contributed by atoms with Crippen molar-refractivity contribution in [2.75, 3.05) is 6.61 Å². The Balaban J connectivity index is 1.38. The maximum Gasteiger partial charge on any atom is 0.203 e. The molecule has 1 fully saturated rings. The highest BCUT2D eigenvalue weighted by molar-refractivity contribution is 6.02. The molecule has 3 aromatic rings. The number of rotatable bonds is 2. The standard InChI is InChI=1S/C28H28N2O2/c1-27(2)19-28(16-17-31-27)30-25(23-10-6-7-11-26(23)32-28)18-24(29-30)22-14-12-21(13-15-22)20-8-4-3-5-9-20/h3-15,25H,16-19H2,1-2H3/t25-,28-/m1/s1. The van der Waals surface area contributed by atoms with Gasteiger partial charge in [-0.25, -0.2) is 5.01 Å². The lowest BCUT2D eigenvalue weighted by molar-refractivity contribution is -0.212. The first kappa shape index (κ1) is 19.6. The molecule has 3 aliphatic heterocycles. The minimum absolute atomic E-state index is 0.192. The summed E-state index contributed by atoms with van der Waals surface area (Å²) in [6.45, 7) is 4.97. The number of para-hydroxylation sites is 1. The maximum absolute atomic E-state index is 6.71. The molecule has 0 radical (unpaired) electrons. The van der Waals surface area contributed by atoms with Gasteiger partial charge in [0.15, 0.2) is 0 Å². The molecule has 0 bridgehead atoms. The first-order valence-electron chi connectivity index (χ1n) is 11.5. The molecular weight excluding hydrogens is 396 g/mol. The van der Waals surface area contributed by atoms with Crippen molar-refractivity contribution in [2.45, 2.75) is 50.5 Å². The first-order valence-corrected chi connectivity index (χ1v) is 11.5. The Kier molecular flexibility index (Phi) is 4.41. The maximum atomic E-state index is 6.71. The molecule has 3 heterocycles. The first-order chi connectivity index (χ1) is 15.5. The molecule has 1 spiro atoms. The zero-order valence-corrected chi connectivity index (χ0v) is 18.6. The molecule has 162 valence electrons. The topological polar surface area (TPSA) is 34.1 Å². The van der Waals surface area contributed by atoms with E-state index in [1.165, 1.54) is 22.3 Å². The Bertz CT molecular complexity index is 1170. The van der Waals surface area contributed by atoms with E-state index in [1.54, 1.807) is 0 Å². The van der Waals surface area contributed by atoms with Crippen LogP contribution in [0.25, 0.3) is 11.1 Å². The van der Waals surface area contributed by atoms with Crippen molar-refractivity contribution >= 4 is 5.71 Å². The molecule has 4 nitrogen and oxygen atoms in total. The van der Waals surface area contributed by atoms with Crippen molar-refractivity contribution in [3.63, 3.8) is 0 Å². The number of fused-ring (bicyclic) bond motifs is 4. The highest BCUT2D eigenvalue weighted by atomic mass is 16.5. The molecule has 1 saturated heterocycles. The van der Waals surface area contributed by atoms with Crippen LogP contribution in [0.5, 0.6) is 5.75 Å². The minimum Gasteiger partial charge on any atom is -0.466 e. The molecule has 0 aromatic heterocycles. The summed E-state index contributed by atoms with van der Waals surface area (Å²) in [6, 6.07) is 27.9. The molecule has 3 aliphatic rings. The normalized spacial score (nSPS) is 25.6. The average Bonchev–Trinajstić information content (AvgIpc) is 3.26. The predicted molar refractivity (Wildman–Crippen MR) is 127 cm³/mol. The van der Waals surface area contributed by atoms with Gasteiger partial charge in [0.05, 0.1) is 24.0 Å². The summed E-state index contributed by atoms with van der Waals surface area (Å²) in [5.41, 5.74) is 5.27. The number of ether oxygens (including phenoxy) is 2. The lowest BCUT2D eigenvalue weighted by Crippen LogP contribution is -2.60. The molecule has 0 aliphatic carbocycles. The number of nitrogens with zero attached hydrogens (tertiary/aromatic N) is 2. The van der Waals surface area contributed by atoms with Crippen molar-refractivity contribution in [1.82, 2.24) is 5.01 Å². The van der Waals surface area contributed by atoms with Crippen molar-refractivity contribution < 1.29 is 9.47 Å². The van der Waals surface area contributed by atoms with E-state index in [2.05, 4.69) is 97.7 Å². The molecule has 4 heteroatoms. The highest BCUT2D eigenvalue weighted by Crippen LogP contribution is 2.51. The molecule has 3 aromatic carbocycles. The zero-order valence-electron chi connectivity index (χ0n) is 18.6. The Labute approximate surface area is 189 Å². The Morgan fingerprint density at radius 3 is 2.31 bits per heavy atom. The smallest absolute Gasteiger partial charge is 0.203 e. The quantitative estimate of drug-likeness (QED) is 0.492. The van der Waals surface area contributed by atoms with Crippen LogP contribution in [0.3, 0.4) is 0 Å². The molecule has 2 atom stereocenters. The van der Waals surface area contributed by atoms with Crippen LogP contribution in [-0.4, -0.2) is 28.7 Å². The molecular formula is C28H28N2O2. The third kappa shape index (κ3) is 3.21. The third-order valence-corrected chi connectivity index (χ3v) is 6.92. The highest BCUT2D eigenvalue weighted by Gasteiger charge is 2.54. The van der Waals surface area contributed by atoms with Crippen LogP contribution in [0.1, 0.15) is 50.3 Å². The summed E-state index contributed by atoms with van der Waals surface area (Å²) >= 11 is 0. The van der Waals surface area contributed by atoms with Crippen molar-refractivity contribution in [2.24, 2.45) is 5.10 Å². The number of benzene rings is 3. The summed E-state index contributed by atoms with van der Waals surface area (Å²) in [5.74, 6) is 0.988. The molecule has 0 unspecified atom stereocenters. The van der Waals surface area contributed by atoms with E-state index in [0.717, 1.165) is 30.7 Å². The Morgan fingerprint density at radius 2 is 1.53 bits per heavy atom. The van der Waals surface area contributed by atoms with Crippen molar-refractivity contribution in [1.29, 1.82) is 0 Å². The van der Waals surface area contributed by atoms with E-state index in [-0.39, 0.29) is 11.6 Å². The summed E-state index contributed by atoms with van der Waals surface area (Å²) in [4.78, 5) is 0. The van der Waals surface area contributed by atoms with Gasteiger partial charge in [-0.3, -0.25) is 0 Å². The molecule has 0 N–H and O–H groups in total. The van der Waals surface area contributed by atoms with Gasteiger partial charge in [0.25, 0.3) is 0 Å². The Hall–Kier alpha value is -3.11. The van der Waals surface area contributed by atoms with Gasteiger partial charge in [-0.05, 0) is 36.6 Å². The largest absolute Gasteiger partial charge is 0.466 e. The summed E-state index contributed by atoms with van der Waals surface area (Å²) in [6.07, 6.45) is 2.48. The summed E-state index contributed by atoms with van der Waals surface area (Å²) in [5, 5.41) is 7.44. The summed E-state index contributed by atoms with van der Waals surface area (Å²) in [7, 11) is 0. The number of hydrazone groups is 1. The van der Waals surface area contributed by atoms with Crippen LogP contribution in [0, 0.1) is 0 Å². The zero-order chi connectivity index (χ0) is 21.8. The van der Waals surface area contributed by atoms with Crippen LogP contribution in [0.15, 0.2) is 84.0 Å². The monoisotopic (exact) mass is 424 g/mol. The number of hydrogen-bond acceptors (Lipinski definition) is 4. The van der Waals surface area contributed by atoms with Gasteiger partial charge in [0.1, 0.15) is 5.75 Å². The summed E-state index contributed by atoms with van der Waals surface area (Å²) < 4.78 is 12.8. The molecule has 6 rings (SSSR count). The lowest BCUT2D eigenvalue weighted by Gasteiger charge is -2.52. The van der Waals surface area contributed by atoms with E-state index >= 15 is 0 Å². The van der Waals surface area contributed by atoms with Crippen molar-refractivity contribution in [3.8, 4) is 16.9 Å². The lowest BCUT2D eigenvalue weighted by atomic mass is 9.86. The van der Waals surface area contributed by atoms with Crippen LogP contribution in [0.2, 0.25) is 0 Å². The third-order valence-electron chi connectivity index (χ3n) is 6.92. The average molecular weight is 425 g/mol. The van der Waals surface area contributed by atoms with Crippen LogP contribution < -0.4 is 4.74 Å². The van der Waals surface area contributed by atoms with Gasteiger partial charge in [-0.2, -0.15) is 5.10 Å². The fourth-order valence-electron chi connectivity index (χ4n) is 5.46. The fourth-order valence-corrected chi connectivity index (χ4v) is 5.46. The predicted octanol–water partition coefficient (Wildman–Crippen LogP) is 6.18. The van der Waals surface area contributed by atoms with Gasteiger partial charge in [0, 0.05) is 24.8 Å². The van der Waals surface area contributed by atoms with Gasteiger partial charge >= 0.3 is 0 Å². The second kappa shape index (κ2) is 7.21. The molecule has 32 heavy (non-hydrogen) atoms. The van der Waals surface area contributed by atoms with E-state index < -0.39 is 5.72 Å². The SMILES string of the molecule is CC1(C)C[C@@]2(CCO1)Oc1ccccc1[C@H]1CC(c3ccc(-c4ccccc4)cc3)=NN12. The van der Waals surface area contributed by atoms with Gasteiger partial charge in [-0.1, -0.05) is 72.8 Å². The van der Waals surface area contributed by atoms with Crippen molar-refractivity contribution in [3.05, 3.63) is 90.0 Å². The van der Waals surface area contributed by atoms with Gasteiger partial charge in [0.2, 0.25) is 5.72 Å². The molecule has 0 amide bonds. The van der Waals surface area contributed by atoms with E-state index in [4.69, 9.17) is 14.6 Å². The second-order valence-electron chi connectivity index (χ2n) is 9.68. The number of hydrogen-bond donors (Lipinski definition) is 0. The van der Waals surface area contributed by atoms with E-state index in [0.29, 0.717) is 6.61 Å². The van der Waals surface area contributed by atoms with Gasteiger partial charge < -0.3 is 9.47 Å². The fraction of sp³-hybridized carbons (Fsp3) is 0.321. The Morgan fingerprint density at radius 1 is 0.844 bits per heavy atom. The van der Waals surface area contributed by atoms with Crippen LogP contribution in [0.4, 0.5) is 0 Å². The van der Waals surface area contributed by atoms with Crippen LogP contribution in [-0.2, 0) is 4.74 Å². The second-order valence-corrected chi connectivity index (χ2v) is 9.68. The van der Waals surface area contributed by atoms with Crippen LogP contribution >= 0.6 is 0 Å². The minimum atomic E-state index is -0.466. The van der Waals surface area contributed by atoms with E-state index in [1.807, 2.05) is 0 Å². The molecule has 0 saturated carbocycles. The van der Waals surface area contributed by atoms with E-state index in [9.17, 15) is 0 Å².